The molecule has 0 amide bonds. The first-order chi connectivity index (χ1) is 16.1. The lowest BCUT2D eigenvalue weighted by molar-refractivity contribution is 0.0987. The van der Waals surface area contributed by atoms with Gasteiger partial charge in [-0.25, -0.2) is 4.98 Å². The molecule has 0 radical (unpaired) electrons. The number of carbonyl (C=O) groups is 1. The summed E-state index contributed by atoms with van der Waals surface area (Å²) < 4.78 is 5.71. The van der Waals surface area contributed by atoms with Crippen LogP contribution in [-0.4, -0.2) is 49.8 Å². The van der Waals surface area contributed by atoms with Crippen molar-refractivity contribution in [1.82, 2.24) is 24.8 Å². The molecule has 0 aliphatic carbocycles. The van der Waals surface area contributed by atoms with Gasteiger partial charge in [-0.05, 0) is 58.0 Å². The summed E-state index contributed by atoms with van der Waals surface area (Å²) >= 11 is 0. The molecule has 7 heteroatoms. The van der Waals surface area contributed by atoms with E-state index in [1.807, 2.05) is 36.7 Å². The Morgan fingerprint density at radius 1 is 1.12 bits per heavy atom. The van der Waals surface area contributed by atoms with Crippen molar-refractivity contribution in [2.45, 2.75) is 45.1 Å². The molecule has 33 heavy (non-hydrogen) atoms. The number of nitrogens with zero attached hydrogens (tertiary/aromatic N) is 5. The molecule has 1 saturated heterocycles. The third-order valence-corrected chi connectivity index (χ3v) is 6.38. The number of oxazole rings is 1. The maximum Gasteiger partial charge on any atom is 0.197 e. The molecule has 168 valence electrons. The molecule has 5 heterocycles. The highest BCUT2D eigenvalue weighted by atomic mass is 16.3. The van der Waals surface area contributed by atoms with Gasteiger partial charge in [-0.3, -0.25) is 19.7 Å². The van der Waals surface area contributed by atoms with Gasteiger partial charge in [0.05, 0.1) is 18.1 Å². The van der Waals surface area contributed by atoms with Crippen LogP contribution in [0, 0.1) is 0 Å². The Labute approximate surface area is 192 Å². The van der Waals surface area contributed by atoms with E-state index in [0.29, 0.717) is 23.3 Å². The second-order valence-electron chi connectivity index (χ2n) is 8.91. The minimum Gasteiger partial charge on any atom is -0.448 e. The molecule has 1 aliphatic heterocycles. The van der Waals surface area contributed by atoms with Gasteiger partial charge >= 0.3 is 0 Å². The van der Waals surface area contributed by atoms with E-state index in [2.05, 4.69) is 38.7 Å². The van der Waals surface area contributed by atoms with Crippen LogP contribution in [0.3, 0.4) is 0 Å². The zero-order chi connectivity index (χ0) is 22.8. The number of pyridine rings is 3. The molecule has 0 saturated carbocycles. The summed E-state index contributed by atoms with van der Waals surface area (Å²) in [6.07, 6.45) is 10.8. The molecule has 0 N–H and O–H groups in total. The molecule has 5 rings (SSSR count). The highest BCUT2D eigenvalue weighted by Crippen LogP contribution is 2.28. The number of hydrogen-bond acceptors (Lipinski definition) is 7. The van der Waals surface area contributed by atoms with Crippen LogP contribution in [0.2, 0.25) is 0 Å². The van der Waals surface area contributed by atoms with Crippen molar-refractivity contribution in [3.63, 3.8) is 0 Å². The maximum atomic E-state index is 12.9. The predicted octanol–water partition coefficient (Wildman–Crippen LogP) is 4.69. The van der Waals surface area contributed by atoms with Crippen LogP contribution in [0.15, 0.2) is 59.7 Å². The van der Waals surface area contributed by atoms with Crippen molar-refractivity contribution in [2.24, 2.45) is 0 Å². The summed E-state index contributed by atoms with van der Waals surface area (Å²) in [4.78, 5) is 33.0. The SMILES string of the molecule is CC(C)N1CCC(c2nc(C(=O)Cc3cc4cc(-c5cccnc5)cnc4cn3)co2)CC1. The molecule has 4 aromatic heterocycles. The van der Waals surface area contributed by atoms with Gasteiger partial charge in [0.25, 0.3) is 0 Å². The molecule has 0 unspecified atom stereocenters. The van der Waals surface area contributed by atoms with E-state index in [-0.39, 0.29) is 18.1 Å². The minimum absolute atomic E-state index is 0.0900. The Morgan fingerprint density at radius 3 is 2.73 bits per heavy atom. The lowest BCUT2D eigenvalue weighted by atomic mass is 9.96. The fourth-order valence-electron chi connectivity index (χ4n) is 4.39. The monoisotopic (exact) mass is 441 g/mol. The van der Waals surface area contributed by atoms with E-state index >= 15 is 0 Å². The highest BCUT2D eigenvalue weighted by molar-refractivity contribution is 5.95. The first-order valence-corrected chi connectivity index (χ1v) is 11.4. The smallest absolute Gasteiger partial charge is 0.197 e. The second-order valence-corrected chi connectivity index (χ2v) is 8.91. The van der Waals surface area contributed by atoms with Gasteiger partial charge < -0.3 is 9.32 Å². The first kappa shape index (κ1) is 21.4. The molecule has 4 aromatic rings. The number of piperidine rings is 1. The van der Waals surface area contributed by atoms with Gasteiger partial charge in [0.15, 0.2) is 11.7 Å². The van der Waals surface area contributed by atoms with Crippen LogP contribution in [-0.2, 0) is 6.42 Å². The summed E-state index contributed by atoms with van der Waals surface area (Å²) in [5, 5.41) is 0.937. The largest absolute Gasteiger partial charge is 0.448 e. The Morgan fingerprint density at radius 2 is 1.97 bits per heavy atom. The molecule has 0 aromatic carbocycles. The topological polar surface area (TPSA) is 85.0 Å². The highest BCUT2D eigenvalue weighted by Gasteiger charge is 2.26. The van der Waals surface area contributed by atoms with Crippen LogP contribution >= 0.6 is 0 Å². The number of rotatable bonds is 6. The zero-order valence-electron chi connectivity index (χ0n) is 18.9. The lowest BCUT2D eigenvalue weighted by Gasteiger charge is -2.33. The Balaban J connectivity index is 1.29. The van der Waals surface area contributed by atoms with Crippen molar-refractivity contribution < 1.29 is 9.21 Å². The van der Waals surface area contributed by atoms with Crippen LogP contribution in [0.4, 0.5) is 0 Å². The Kier molecular flexibility index (Phi) is 5.96. The van der Waals surface area contributed by atoms with Crippen molar-refractivity contribution in [2.75, 3.05) is 13.1 Å². The molecule has 1 fully saturated rings. The minimum atomic E-state index is -0.0900. The fraction of sp³-hybridized carbons (Fsp3) is 0.346. The molecular formula is C26H27N5O2. The second kappa shape index (κ2) is 9.19. The number of hydrogen-bond donors (Lipinski definition) is 0. The average molecular weight is 442 g/mol. The number of fused-ring (bicyclic) bond motifs is 1. The van der Waals surface area contributed by atoms with E-state index in [1.165, 1.54) is 6.26 Å². The Bertz CT molecular complexity index is 1260. The summed E-state index contributed by atoms with van der Waals surface area (Å²) in [6, 6.07) is 8.42. The maximum absolute atomic E-state index is 12.9. The zero-order valence-corrected chi connectivity index (χ0v) is 18.9. The van der Waals surface area contributed by atoms with E-state index in [1.54, 1.807) is 12.4 Å². The quantitative estimate of drug-likeness (QED) is 0.401. The van der Waals surface area contributed by atoms with E-state index in [0.717, 1.165) is 48.0 Å². The number of carbonyl (C=O) groups excluding carboxylic acids is 1. The van der Waals surface area contributed by atoms with Gasteiger partial charge in [-0.2, -0.15) is 0 Å². The third kappa shape index (κ3) is 4.68. The van der Waals surface area contributed by atoms with E-state index in [4.69, 9.17) is 4.42 Å². The number of aromatic nitrogens is 4. The fourth-order valence-corrected chi connectivity index (χ4v) is 4.39. The molecule has 0 spiro atoms. The van der Waals surface area contributed by atoms with Gasteiger partial charge in [0, 0.05) is 52.8 Å². The van der Waals surface area contributed by atoms with Gasteiger partial charge in [0.2, 0.25) is 0 Å². The molecule has 0 atom stereocenters. The van der Waals surface area contributed by atoms with Crippen LogP contribution in [0.5, 0.6) is 0 Å². The predicted molar refractivity (Wildman–Crippen MR) is 126 cm³/mol. The normalized spacial score (nSPS) is 15.4. The van der Waals surface area contributed by atoms with Crippen molar-refractivity contribution >= 4 is 16.7 Å². The van der Waals surface area contributed by atoms with Crippen LogP contribution in [0.25, 0.3) is 22.0 Å². The van der Waals surface area contributed by atoms with Crippen molar-refractivity contribution in [1.29, 1.82) is 0 Å². The standard InChI is InChI=1S/C26H27N5O2/c1-17(2)31-8-5-18(6-9-31)26-30-24(16-33-26)25(32)12-22-11-20-10-21(14-29-23(20)15-28-22)19-4-3-7-27-13-19/h3-4,7,10-11,13-18H,5-6,8-9,12H2,1-2H3. The van der Waals surface area contributed by atoms with Crippen LogP contribution < -0.4 is 0 Å². The molecule has 7 nitrogen and oxygen atoms in total. The first-order valence-electron chi connectivity index (χ1n) is 11.4. The summed E-state index contributed by atoms with van der Waals surface area (Å²) in [5.74, 6) is 0.865. The summed E-state index contributed by atoms with van der Waals surface area (Å²) in [5.41, 5.74) is 3.82. The molecule has 1 aliphatic rings. The number of ketones is 1. The molecular weight excluding hydrogens is 414 g/mol. The summed E-state index contributed by atoms with van der Waals surface area (Å²) in [6.45, 7) is 6.51. The van der Waals surface area contributed by atoms with Crippen molar-refractivity contribution in [3.8, 4) is 11.1 Å². The third-order valence-electron chi connectivity index (χ3n) is 6.38. The number of Topliss-reactive ketones (excluding diaryl/α,β-unsaturated/α-hetero) is 1. The summed E-state index contributed by atoms with van der Waals surface area (Å²) in [7, 11) is 0. The Hall–Kier alpha value is -3.45. The lowest BCUT2D eigenvalue weighted by Crippen LogP contribution is -2.37. The van der Waals surface area contributed by atoms with Gasteiger partial charge in [-0.15, -0.1) is 0 Å². The van der Waals surface area contributed by atoms with Crippen LogP contribution in [0.1, 0.15) is 54.7 Å². The van der Waals surface area contributed by atoms with Crippen molar-refractivity contribution in [3.05, 3.63) is 72.6 Å². The van der Waals surface area contributed by atoms with E-state index < -0.39 is 0 Å². The van der Waals surface area contributed by atoms with E-state index in [9.17, 15) is 4.79 Å². The van der Waals surface area contributed by atoms with Gasteiger partial charge in [-0.1, -0.05) is 6.07 Å². The van der Waals surface area contributed by atoms with Gasteiger partial charge in [0.1, 0.15) is 12.0 Å². The average Bonchev–Trinajstić information content (AvgIpc) is 3.35. The number of likely N-dealkylation sites (tertiary alicyclic amines) is 1. The molecule has 0 bridgehead atoms.